The zero-order valence-corrected chi connectivity index (χ0v) is 15.7. The molecule has 0 aliphatic heterocycles. The second-order valence-corrected chi connectivity index (χ2v) is 5.79. The first-order valence-corrected chi connectivity index (χ1v) is 8.02. The molecule has 26 heavy (non-hydrogen) atoms. The van der Waals surface area contributed by atoms with Crippen molar-refractivity contribution >= 4 is 35.0 Å². The number of amides is 2. The summed E-state index contributed by atoms with van der Waals surface area (Å²) in [7, 11) is 4.32. The van der Waals surface area contributed by atoms with Gasteiger partial charge in [0.15, 0.2) is 11.5 Å². The third kappa shape index (κ3) is 4.30. The SMILES string of the molecule is COc1cc(C(=O)NNC(=O)c2cc(Cl)ccc2Cl)cc(OC)c1OC. The van der Waals surface area contributed by atoms with E-state index >= 15 is 0 Å². The van der Waals surface area contributed by atoms with Crippen molar-refractivity contribution in [1.82, 2.24) is 10.9 Å². The van der Waals surface area contributed by atoms with Gasteiger partial charge < -0.3 is 14.2 Å². The minimum atomic E-state index is -0.613. The fraction of sp³-hybridized carbons (Fsp3) is 0.176. The van der Waals surface area contributed by atoms with Gasteiger partial charge in [0.05, 0.1) is 31.9 Å². The summed E-state index contributed by atoms with van der Waals surface area (Å²) in [5.74, 6) is -0.238. The Hall–Kier alpha value is -2.64. The molecular formula is C17H16Cl2N2O5. The first-order valence-electron chi connectivity index (χ1n) is 7.27. The van der Waals surface area contributed by atoms with Crippen molar-refractivity contribution in [2.75, 3.05) is 21.3 Å². The third-order valence-electron chi connectivity index (χ3n) is 3.39. The topological polar surface area (TPSA) is 85.9 Å². The average molecular weight is 399 g/mol. The van der Waals surface area contributed by atoms with Crippen LogP contribution in [-0.2, 0) is 0 Å². The summed E-state index contributed by atoms with van der Waals surface area (Å²) >= 11 is 11.8. The first-order chi connectivity index (χ1) is 12.4. The zero-order chi connectivity index (χ0) is 19.3. The Morgan fingerprint density at radius 2 is 1.42 bits per heavy atom. The summed E-state index contributed by atoms with van der Waals surface area (Å²) in [5.41, 5.74) is 4.89. The molecule has 0 aliphatic rings. The van der Waals surface area contributed by atoms with E-state index in [1.54, 1.807) is 6.07 Å². The zero-order valence-electron chi connectivity index (χ0n) is 14.2. The highest BCUT2D eigenvalue weighted by molar-refractivity contribution is 6.35. The van der Waals surface area contributed by atoms with E-state index in [0.29, 0.717) is 22.3 Å². The fourth-order valence-corrected chi connectivity index (χ4v) is 2.51. The van der Waals surface area contributed by atoms with Crippen LogP contribution >= 0.6 is 23.2 Å². The van der Waals surface area contributed by atoms with Gasteiger partial charge in [0, 0.05) is 10.6 Å². The molecule has 0 fully saturated rings. The van der Waals surface area contributed by atoms with E-state index in [4.69, 9.17) is 37.4 Å². The molecule has 0 saturated carbocycles. The van der Waals surface area contributed by atoms with Crippen molar-refractivity contribution in [2.45, 2.75) is 0 Å². The van der Waals surface area contributed by atoms with Gasteiger partial charge in [-0.3, -0.25) is 20.4 Å². The Morgan fingerprint density at radius 3 is 1.96 bits per heavy atom. The van der Waals surface area contributed by atoms with Gasteiger partial charge >= 0.3 is 0 Å². The molecule has 2 N–H and O–H groups in total. The predicted octanol–water partition coefficient (Wildman–Crippen LogP) is 3.09. The van der Waals surface area contributed by atoms with E-state index in [0.717, 1.165) is 0 Å². The lowest BCUT2D eigenvalue weighted by molar-refractivity contribution is 0.0846. The normalized spacial score (nSPS) is 10.0. The van der Waals surface area contributed by atoms with E-state index in [1.807, 2.05) is 0 Å². The van der Waals surface area contributed by atoms with Gasteiger partial charge in [-0.2, -0.15) is 0 Å². The van der Waals surface area contributed by atoms with Crippen LogP contribution in [0, 0.1) is 0 Å². The van der Waals surface area contributed by atoms with Gasteiger partial charge in [-0.25, -0.2) is 0 Å². The number of carbonyl (C=O) groups is 2. The smallest absolute Gasteiger partial charge is 0.271 e. The quantitative estimate of drug-likeness (QED) is 0.755. The molecule has 0 aromatic heterocycles. The van der Waals surface area contributed by atoms with Crippen LogP contribution < -0.4 is 25.1 Å². The summed E-state index contributed by atoms with van der Waals surface area (Å²) in [4.78, 5) is 24.5. The Kier molecular flexibility index (Phi) is 6.54. The number of hydrogen-bond donors (Lipinski definition) is 2. The van der Waals surface area contributed by atoms with Crippen molar-refractivity contribution in [2.24, 2.45) is 0 Å². The molecule has 0 saturated heterocycles. The van der Waals surface area contributed by atoms with Crippen LogP contribution in [0.4, 0.5) is 0 Å². The molecule has 0 spiro atoms. The molecule has 0 radical (unpaired) electrons. The number of rotatable bonds is 5. The van der Waals surface area contributed by atoms with Crippen molar-refractivity contribution in [3.05, 3.63) is 51.5 Å². The number of halogens is 2. The maximum Gasteiger partial charge on any atom is 0.271 e. The van der Waals surface area contributed by atoms with E-state index in [-0.39, 0.29) is 16.1 Å². The number of carbonyl (C=O) groups excluding carboxylic acids is 2. The van der Waals surface area contributed by atoms with Crippen LogP contribution in [0.15, 0.2) is 30.3 Å². The van der Waals surface area contributed by atoms with Gasteiger partial charge in [0.1, 0.15) is 0 Å². The second-order valence-electron chi connectivity index (χ2n) is 4.95. The lowest BCUT2D eigenvalue weighted by atomic mass is 10.1. The molecule has 0 heterocycles. The first kappa shape index (κ1) is 19.7. The third-order valence-corrected chi connectivity index (χ3v) is 3.95. The summed E-state index contributed by atoms with van der Waals surface area (Å²) in [6.07, 6.45) is 0. The van der Waals surface area contributed by atoms with E-state index < -0.39 is 11.8 Å². The van der Waals surface area contributed by atoms with Gasteiger partial charge in [0.25, 0.3) is 11.8 Å². The van der Waals surface area contributed by atoms with E-state index in [1.165, 1.54) is 45.6 Å². The average Bonchev–Trinajstić information content (AvgIpc) is 2.66. The molecule has 2 aromatic rings. The summed E-state index contributed by atoms with van der Waals surface area (Å²) < 4.78 is 15.6. The number of methoxy groups -OCH3 is 3. The number of hydrogen-bond acceptors (Lipinski definition) is 5. The van der Waals surface area contributed by atoms with Crippen LogP contribution in [0.5, 0.6) is 17.2 Å². The van der Waals surface area contributed by atoms with Crippen LogP contribution in [-0.4, -0.2) is 33.1 Å². The van der Waals surface area contributed by atoms with Gasteiger partial charge in [0.2, 0.25) is 5.75 Å². The molecule has 0 bridgehead atoms. The van der Waals surface area contributed by atoms with Gasteiger partial charge in [-0.1, -0.05) is 23.2 Å². The fourth-order valence-electron chi connectivity index (χ4n) is 2.14. The standard InChI is InChI=1S/C17H16Cl2N2O5/c1-24-13-6-9(7-14(25-2)15(13)26-3)16(22)20-21-17(23)11-8-10(18)4-5-12(11)19/h4-8H,1-3H3,(H,20,22)(H,21,23). The van der Waals surface area contributed by atoms with E-state index in [2.05, 4.69) is 10.9 Å². The van der Waals surface area contributed by atoms with Gasteiger partial charge in [-0.05, 0) is 30.3 Å². The molecule has 0 aliphatic carbocycles. The second kappa shape index (κ2) is 8.64. The number of nitrogens with one attached hydrogen (secondary N) is 2. The molecule has 0 atom stereocenters. The molecule has 2 rings (SSSR count). The van der Waals surface area contributed by atoms with Crippen molar-refractivity contribution < 1.29 is 23.8 Å². The van der Waals surface area contributed by atoms with Crippen molar-refractivity contribution in [3.63, 3.8) is 0 Å². The molecule has 0 unspecified atom stereocenters. The van der Waals surface area contributed by atoms with Crippen LogP contribution in [0.3, 0.4) is 0 Å². The van der Waals surface area contributed by atoms with Crippen molar-refractivity contribution in [3.8, 4) is 17.2 Å². The summed E-state index contributed by atoms with van der Waals surface area (Å²) in [5, 5.41) is 0.546. The Morgan fingerprint density at radius 1 is 0.846 bits per heavy atom. The molecule has 138 valence electrons. The Balaban J connectivity index is 2.17. The van der Waals surface area contributed by atoms with Gasteiger partial charge in [-0.15, -0.1) is 0 Å². The summed E-state index contributed by atoms with van der Waals surface area (Å²) in [6.45, 7) is 0. The highest BCUT2D eigenvalue weighted by Crippen LogP contribution is 2.38. The predicted molar refractivity (Wildman–Crippen MR) is 97.5 cm³/mol. The van der Waals surface area contributed by atoms with Crippen molar-refractivity contribution in [1.29, 1.82) is 0 Å². The van der Waals surface area contributed by atoms with Crippen LogP contribution in [0.2, 0.25) is 10.0 Å². The minimum absolute atomic E-state index is 0.129. The highest BCUT2D eigenvalue weighted by Gasteiger charge is 2.18. The number of ether oxygens (including phenoxy) is 3. The monoisotopic (exact) mass is 398 g/mol. The number of benzene rings is 2. The Bertz CT molecular complexity index is 817. The molecular weight excluding hydrogens is 383 g/mol. The summed E-state index contributed by atoms with van der Waals surface area (Å²) in [6, 6.07) is 7.34. The highest BCUT2D eigenvalue weighted by atomic mass is 35.5. The van der Waals surface area contributed by atoms with Crippen LogP contribution in [0.1, 0.15) is 20.7 Å². The minimum Gasteiger partial charge on any atom is -0.493 e. The van der Waals surface area contributed by atoms with Crippen LogP contribution in [0.25, 0.3) is 0 Å². The molecule has 9 heteroatoms. The maximum atomic E-state index is 12.3. The lowest BCUT2D eigenvalue weighted by Gasteiger charge is -2.14. The largest absolute Gasteiger partial charge is 0.493 e. The molecule has 7 nitrogen and oxygen atoms in total. The maximum absolute atomic E-state index is 12.3. The lowest BCUT2D eigenvalue weighted by Crippen LogP contribution is -2.41. The Labute approximate surface area is 160 Å². The molecule has 2 amide bonds. The molecule has 2 aromatic carbocycles. The van der Waals surface area contributed by atoms with E-state index in [9.17, 15) is 9.59 Å². The number of hydrazine groups is 1.